The Hall–Kier alpha value is -2.83. The molecule has 3 atom stereocenters. The van der Waals surface area contributed by atoms with E-state index in [0.717, 1.165) is 38.3 Å². The lowest BCUT2D eigenvalue weighted by molar-refractivity contribution is 0.0740. The van der Waals surface area contributed by atoms with Crippen LogP contribution >= 0.6 is 0 Å². The van der Waals surface area contributed by atoms with E-state index in [1.54, 1.807) is 0 Å². The van der Waals surface area contributed by atoms with Crippen molar-refractivity contribution >= 4 is 5.78 Å². The smallest absolute Gasteiger partial charge is 0.181 e. The molecule has 2 N–H and O–H groups in total. The van der Waals surface area contributed by atoms with Crippen molar-refractivity contribution in [3.8, 4) is 0 Å². The Labute approximate surface area is 203 Å². The highest BCUT2D eigenvalue weighted by atomic mass is 16.1. The lowest BCUT2D eigenvalue weighted by Gasteiger charge is -2.39. The van der Waals surface area contributed by atoms with E-state index in [0.29, 0.717) is 6.04 Å². The van der Waals surface area contributed by atoms with Crippen molar-refractivity contribution in [3.63, 3.8) is 0 Å². The summed E-state index contributed by atoms with van der Waals surface area (Å²) >= 11 is 0. The summed E-state index contributed by atoms with van der Waals surface area (Å²) in [6.07, 6.45) is 0. The topological polar surface area (TPSA) is 47.6 Å². The molecule has 0 bridgehead atoms. The molecule has 3 aromatic carbocycles. The number of hydrogen-bond donors (Lipinski definition) is 2. The normalized spacial score (nSPS) is 23.5. The fourth-order valence-corrected chi connectivity index (χ4v) is 4.79. The van der Waals surface area contributed by atoms with E-state index in [2.05, 4.69) is 69.9 Å². The van der Waals surface area contributed by atoms with E-state index >= 15 is 0 Å². The van der Waals surface area contributed by atoms with E-state index in [9.17, 15) is 4.79 Å². The average Bonchev–Trinajstić information content (AvgIpc) is 2.90. The molecule has 2 aliphatic rings. The number of benzene rings is 3. The first kappa shape index (κ1) is 24.3. The molecule has 2 heterocycles. The van der Waals surface area contributed by atoms with Gasteiger partial charge >= 0.3 is 0 Å². The number of rotatable bonds is 4. The van der Waals surface area contributed by atoms with Crippen molar-refractivity contribution in [2.75, 3.05) is 46.8 Å². The van der Waals surface area contributed by atoms with Gasteiger partial charge in [-0.3, -0.25) is 9.69 Å². The Balaban J connectivity index is 0.000000180. The van der Waals surface area contributed by atoms with Crippen molar-refractivity contribution in [3.05, 3.63) is 108 Å². The number of nitrogens with zero attached hydrogens (tertiary/aromatic N) is 2. The lowest BCUT2D eigenvalue weighted by atomic mass is 9.90. The molecule has 0 amide bonds. The minimum Gasteiger partial charge on any atom is -0.308 e. The van der Waals surface area contributed by atoms with Crippen molar-refractivity contribution in [1.29, 1.82) is 0 Å². The molecule has 0 spiro atoms. The van der Waals surface area contributed by atoms with Crippen LogP contribution in [0, 0.1) is 0 Å². The number of carbonyl (C=O) groups excluding carboxylic acids is 1. The summed E-state index contributed by atoms with van der Waals surface area (Å²) < 4.78 is 0. The van der Waals surface area contributed by atoms with Crippen LogP contribution in [0.1, 0.15) is 33.6 Å². The fraction of sp³-hybridized carbons (Fsp3) is 0.345. The Morgan fingerprint density at radius 3 is 1.91 bits per heavy atom. The second-order valence-electron chi connectivity index (χ2n) is 9.18. The molecule has 5 nitrogen and oxygen atoms in total. The van der Waals surface area contributed by atoms with Crippen molar-refractivity contribution < 1.29 is 4.79 Å². The van der Waals surface area contributed by atoms with Gasteiger partial charge in [0.25, 0.3) is 0 Å². The molecule has 178 valence electrons. The van der Waals surface area contributed by atoms with E-state index in [1.807, 2.05) is 55.6 Å². The fourth-order valence-electron chi connectivity index (χ4n) is 4.79. The minimum absolute atomic E-state index is 0.0395. The summed E-state index contributed by atoms with van der Waals surface area (Å²) in [5.74, 6) is 0.180. The second kappa shape index (κ2) is 12.0. The van der Waals surface area contributed by atoms with E-state index in [1.165, 1.54) is 11.1 Å². The number of ketones is 1. The first-order chi connectivity index (χ1) is 16.6. The average molecular weight is 457 g/mol. The van der Waals surface area contributed by atoms with Gasteiger partial charge in [-0.2, -0.15) is 0 Å². The highest BCUT2D eigenvalue weighted by molar-refractivity contribution is 6.00. The Bertz CT molecular complexity index is 1010. The summed E-state index contributed by atoms with van der Waals surface area (Å²) in [7, 11) is 4.21. The van der Waals surface area contributed by atoms with Gasteiger partial charge in [-0.1, -0.05) is 91.0 Å². The Kier molecular flexibility index (Phi) is 8.61. The third-order valence-electron chi connectivity index (χ3n) is 6.69. The highest BCUT2D eigenvalue weighted by Crippen LogP contribution is 2.26. The Morgan fingerprint density at radius 1 is 0.735 bits per heavy atom. The van der Waals surface area contributed by atoms with Crippen molar-refractivity contribution in [2.24, 2.45) is 0 Å². The number of carbonyl (C=O) groups is 1. The summed E-state index contributed by atoms with van der Waals surface area (Å²) in [4.78, 5) is 17.4. The highest BCUT2D eigenvalue weighted by Gasteiger charge is 2.35. The van der Waals surface area contributed by atoms with Gasteiger partial charge in [-0.15, -0.1) is 0 Å². The molecule has 0 aliphatic carbocycles. The van der Waals surface area contributed by atoms with E-state index in [-0.39, 0.29) is 17.9 Å². The maximum atomic E-state index is 12.9. The van der Waals surface area contributed by atoms with Gasteiger partial charge in [-0.05, 0) is 25.2 Å². The lowest BCUT2D eigenvalue weighted by Crippen LogP contribution is -2.55. The monoisotopic (exact) mass is 456 g/mol. The molecule has 5 heteroatoms. The van der Waals surface area contributed by atoms with Gasteiger partial charge in [0.2, 0.25) is 0 Å². The largest absolute Gasteiger partial charge is 0.308 e. The molecular weight excluding hydrogens is 420 g/mol. The van der Waals surface area contributed by atoms with E-state index < -0.39 is 0 Å². The first-order valence-electron chi connectivity index (χ1n) is 12.2. The molecular formula is C29H36N4O. The van der Waals surface area contributed by atoms with Gasteiger partial charge in [-0.25, -0.2) is 0 Å². The molecule has 0 radical (unpaired) electrons. The van der Waals surface area contributed by atoms with Gasteiger partial charge in [0.05, 0.1) is 12.1 Å². The second-order valence-corrected chi connectivity index (χ2v) is 9.18. The molecule has 3 unspecified atom stereocenters. The zero-order chi connectivity index (χ0) is 23.8. The molecule has 34 heavy (non-hydrogen) atoms. The van der Waals surface area contributed by atoms with Crippen LogP contribution in [0.4, 0.5) is 0 Å². The standard InChI is InChI=1S/C18H20N2O.C11H16N2/c1-20-13-12-19-16(14-8-4-2-5-9-14)17(20)18(21)15-10-6-3-7-11-15;1-13-8-7-12-11(9-13)10-5-3-2-4-6-10/h2-11,16-17,19H,12-13H2,1H3;2-6,11-12H,7-9H2,1H3. The maximum absolute atomic E-state index is 12.9. The first-order valence-corrected chi connectivity index (χ1v) is 12.2. The molecule has 3 aromatic rings. The van der Waals surface area contributed by atoms with Gasteiger partial charge in [0, 0.05) is 44.3 Å². The van der Waals surface area contributed by atoms with Crippen LogP contribution in [0.2, 0.25) is 0 Å². The van der Waals surface area contributed by atoms with Crippen LogP contribution in [-0.2, 0) is 0 Å². The summed E-state index contributed by atoms with van der Waals surface area (Å²) in [6, 6.07) is 30.8. The molecule has 0 aromatic heterocycles. The van der Waals surface area contributed by atoms with Crippen LogP contribution < -0.4 is 10.6 Å². The van der Waals surface area contributed by atoms with Crippen molar-refractivity contribution in [2.45, 2.75) is 18.1 Å². The SMILES string of the molecule is CN1CCNC(c2ccccc2)C1.CN1CCNC(c2ccccc2)C1C(=O)c1ccccc1. The number of piperazine rings is 2. The maximum Gasteiger partial charge on any atom is 0.181 e. The predicted molar refractivity (Wildman–Crippen MR) is 139 cm³/mol. The quantitative estimate of drug-likeness (QED) is 0.585. The number of likely N-dealkylation sites (N-methyl/N-ethyl adjacent to an activating group) is 2. The van der Waals surface area contributed by atoms with Crippen LogP contribution in [-0.4, -0.2) is 68.4 Å². The van der Waals surface area contributed by atoms with E-state index in [4.69, 9.17) is 0 Å². The van der Waals surface area contributed by atoms with Crippen LogP contribution in [0.15, 0.2) is 91.0 Å². The van der Waals surface area contributed by atoms with Crippen LogP contribution in [0.5, 0.6) is 0 Å². The molecule has 5 rings (SSSR count). The molecule has 2 fully saturated rings. The summed E-state index contributed by atoms with van der Waals surface area (Å²) in [5.41, 5.74) is 3.34. The molecule has 2 saturated heterocycles. The number of nitrogens with one attached hydrogen (secondary N) is 2. The predicted octanol–water partition coefficient (Wildman–Crippen LogP) is 3.78. The van der Waals surface area contributed by atoms with Gasteiger partial charge in [0.1, 0.15) is 0 Å². The third-order valence-corrected chi connectivity index (χ3v) is 6.69. The molecule has 2 aliphatic heterocycles. The van der Waals surface area contributed by atoms with Crippen LogP contribution in [0.3, 0.4) is 0 Å². The van der Waals surface area contributed by atoms with Gasteiger partial charge in [0.15, 0.2) is 5.78 Å². The van der Waals surface area contributed by atoms with Crippen molar-refractivity contribution in [1.82, 2.24) is 20.4 Å². The summed E-state index contributed by atoms with van der Waals surface area (Å²) in [6.45, 7) is 5.14. The summed E-state index contributed by atoms with van der Waals surface area (Å²) in [5, 5.41) is 7.03. The zero-order valence-corrected chi connectivity index (χ0v) is 20.2. The number of hydrogen-bond acceptors (Lipinski definition) is 5. The minimum atomic E-state index is -0.163. The Morgan fingerprint density at radius 2 is 1.29 bits per heavy atom. The zero-order valence-electron chi connectivity index (χ0n) is 20.2. The molecule has 0 saturated carbocycles. The third kappa shape index (κ3) is 6.19. The van der Waals surface area contributed by atoms with Crippen LogP contribution in [0.25, 0.3) is 0 Å². The van der Waals surface area contributed by atoms with Gasteiger partial charge < -0.3 is 15.5 Å². The number of Topliss-reactive ketones (excluding diaryl/α,β-unsaturated/α-hetero) is 1.